The van der Waals surface area contributed by atoms with Gasteiger partial charge in [0, 0.05) is 18.8 Å². The molecule has 104 valence electrons. The zero-order valence-corrected chi connectivity index (χ0v) is 11.3. The highest BCUT2D eigenvalue weighted by molar-refractivity contribution is 5.97. The van der Waals surface area contributed by atoms with Crippen molar-refractivity contribution in [2.75, 3.05) is 6.54 Å². The third-order valence-electron chi connectivity index (χ3n) is 3.23. The Hall–Kier alpha value is -1.85. The second kappa shape index (κ2) is 5.86. The van der Waals surface area contributed by atoms with Gasteiger partial charge in [0.25, 0.3) is 5.91 Å². The second-order valence-electron chi connectivity index (χ2n) is 5.12. The molecule has 2 heterocycles. The topological polar surface area (TPSA) is 76.0 Å². The Morgan fingerprint density at radius 3 is 3.00 bits per heavy atom. The lowest BCUT2D eigenvalue weighted by Gasteiger charge is -2.14. The Morgan fingerprint density at radius 2 is 2.32 bits per heavy atom. The first-order valence-corrected chi connectivity index (χ1v) is 6.70. The lowest BCUT2D eigenvalue weighted by Crippen LogP contribution is -2.45. The highest BCUT2D eigenvalue weighted by atomic mass is 16.2. The third-order valence-corrected chi connectivity index (χ3v) is 3.23. The Balaban J connectivity index is 2.00. The Kier molecular flexibility index (Phi) is 4.19. The quantitative estimate of drug-likeness (QED) is 0.850. The number of nitrogens with one attached hydrogen (secondary N) is 2. The Labute approximate surface area is 112 Å². The van der Waals surface area contributed by atoms with Crippen molar-refractivity contribution in [2.45, 2.75) is 45.2 Å². The fourth-order valence-electron chi connectivity index (χ4n) is 2.06. The first kappa shape index (κ1) is 13.6. The van der Waals surface area contributed by atoms with Gasteiger partial charge in [0.15, 0.2) is 0 Å². The van der Waals surface area contributed by atoms with E-state index >= 15 is 0 Å². The molecule has 0 aromatic carbocycles. The van der Waals surface area contributed by atoms with E-state index in [0.29, 0.717) is 18.5 Å². The fourth-order valence-corrected chi connectivity index (χ4v) is 2.06. The van der Waals surface area contributed by atoms with Crippen LogP contribution < -0.4 is 10.6 Å². The van der Waals surface area contributed by atoms with Gasteiger partial charge in [-0.15, -0.1) is 0 Å². The van der Waals surface area contributed by atoms with E-state index in [0.717, 1.165) is 12.8 Å². The number of hydrogen-bond acceptors (Lipinski definition) is 3. The van der Waals surface area contributed by atoms with Crippen LogP contribution in [0.2, 0.25) is 0 Å². The molecule has 2 rings (SSSR count). The SMILES string of the molecule is CC(C)n1cc(C(=O)N[C@H]2CCCCNC2=O)cn1. The van der Waals surface area contributed by atoms with Crippen molar-refractivity contribution in [3.8, 4) is 0 Å². The van der Waals surface area contributed by atoms with Crippen LogP contribution in [0, 0.1) is 0 Å². The summed E-state index contributed by atoms with van der Waals surface area (Å²) in [6.45, 7) is 4.68. The van der Waals surface area contributed by atoms with Gasteiger partial charge in [-0.25, -0.2) is 0 Å². The van der Waals surface area contributed by atoms with Crippen molar-refractivity contribution < 1.29 is 9.59 Å². The first-order chi connectivity index (χ1) is 9.08. The lowest BCUT2D eigenvalue weighted by molar-refractivity contribution is -0.122. The van der Waals surface area contributed by atoms with Crippen molar-refractivity contribution in [3.05, 3.63) is 18.0 Å². The monoisotopic (exact) mass is 264 g/mol. The molecule has 1 aromatic heterocycles. The van der Waals surface area contributed by atoms with Crippen LogP contribution in [0.3, 0.4) is 0 Å². The molecular formula is C13H20N4O2. The van der Waals surface area contributed by atoms with Crippen molar-refractivity contribution in [1.82, 2.24) is 20.4 Å². The molecule has 1 aromatic rings. The number of amides is 2. The average molecular weight is 264 g/mol. The van der Waals surface area contributed by atoms with Gasteiger partial charge in [-0.05, 0) is 33.1 Å². The summed E-state index contributed by atoms with van der Waals surface area (Å²) in [5.41, 5.74) is 0.491. The molecule has 1 atom stereocenters. The average Bonchev–Trinajstić information content (AvgIpc) is 2.78. The molecule has 2 amide bonds. The van der Waals surface area contributed by atoms with E-state index in [-0.39, 0.29) is 17.9 Å². The molecule has 0 radical (unpaired) electrons. The van der Waals surface area contributed by atoms with Crippen LogP contribution in [0.5, 0.6) is 0 Å². The number of carbonyl (C=O) groups excluding carboxylic acids is 2. The van der Waals surface area contributed by atoms with E-state index < -0.39 is 6.04 Å². The number of aromatic nitrogens is 2. The van der Waals surface area contributed by atoms with Crippen LogP contribution in [0.15, 0.2) is 12.4 Å². The van der Waals surface area contributed by atoms with E-state index in [1.807, 2.05) is 13.8 Å². The number of carbonyl (C=O) groups is 2. The predicted octanol–water partition coefficient (Wildman–Crippen LogP) is 0.862. The van der Waals surface area contributed by atoms with Gasteiger partial charge in [-0.1, -0.05) is 0 Å². The summed E-state index contributed by atoms with van der Waals surface area (Å²) in [4.78, 5) is 23.8. The summed E-state index contributed by atoms with van der Waals surface area (Å²) in [6, 6.07) is -0.222. The smallest absolute Gasteiger partial charge is 0.255 e. The molecule has 1 aliphatic heterocycles. The standard InChI is InChI=1S/C13H20N4O2/c1-9(2)17-8-10(7-15-17)12(18)16-11-5-3-4-6-14-13(11)19/h7-9,11H,3-6H2,1-2H3,(H,14,19)(H,16,18)/t11-/m0/s1. The van der Waals surface area contributed by atoms with Crippen molar-refractivity contribution in [1.29, 1.82) is 0 Å². The maximum atomic E-state index is 12.1. The second-order valence-corrected chi connectivity index (χ2v) is 5.12. The van der Waals surface area contributed by atoms with Crippen LogP contribution in [0.1, 0.15) is 49.5 Å². The van der Waals surface area contributed by atoms with Gasteiger partial charge in [0.1, 0.15) is 6.04 Å². The van der Waals surface area contributed by atoms with E-state index in [4.69, 9.17) is 0 Å². The van der Waals surface area contributed by atoms with Gasteiger partial charge in [0.05, 0.1) is 11.8 Å². The maximum absolute atomic E-state index is 12.1. The molecular weight excluding hydrogens is 244 g/mol. The minimum atomic E-state index is -0.433. The molecule has 1 aliphatic rings. The van der Waals surface area contributed by atoms with E-state index in [1.54, 1.807) is 10.9 Å². The highest BCUT2D eigenvalue weighted by Crippen LogP contribution is 2.08. The normalized spacial score (nSPS) is 19.9. The molecule has 0 spiro atoms. The van der Waals surface area contributed by atoms with E-state index in [2.05, 4.69) is 15.7 Å². The molecule has 6 nitrogen and oxygen atoms in total. The van der Waals surface area contributed by atoms with Gasteiger partial charge in [-0.2, -0.15) is 5.10 Å². The summed E-state index contributed by atoms with van der Waals surface area (Å²) in [6.07, 6.45) is 5.83. The van der Waals surface area contributed by atoms with Crippen LogP contribution in [-0.4, -0.2) is 34.2 Å². The number of nitrogens with zero attached hydrogens (tertiary/aromatic N) is 2. The molecule has 6 heteroatoms. The summed E-state index contributed by atoms with van der Waals surface area (Å²) in [5, 5.41) is 9.70. The van der Waals surface area contributed by atoms with Gasteiger partial charge >= 0.3 is 0 Å². The Bertz CT molecular complexity index is 467. The maximum Gasteiger partial charge on any atom is 0.255 e. The molecule has 0 saturated carbocycles. The zero-order valence-electron chi connectivity index (χ0n) is 11.3. The van der Waals surface area contributed by atoms with Gasteiger partial charge in [0.2, 0.25) is 5.91 Å². The largest absolute Gasteiger partial charge is 0.354 e. The third kappa shape index (κ3) is 3.33. The number of hydrogen-bond donors (Lipinski definition) is 2. The van der Waals surface area contributed by atoms with Crippen LogP contribution in [0.25, 0.3) is 0 Å². The van der Waals surface area contributed by atoms with E-state index in [9.17, 15) is 9.59 Å². The molecule has 1 fully saturated rings. The molecule has 19 heavy (non-hydrogen) atoms. The van der Waals surface area contributed by atoms with Crippen molar-refractivity contribution in [3.63, 3.8) is 0 Å². The van der Waals surface area contributed by atoms with Crippen LogP contribution in [-0.2, 0) is 4.79 Å². The first-order valence-electron chi connectivity index (χ1n) is 6.70. The minimum Gasteiger partial charge on any atom is -0.354 e. The molecule has 0 aliphatic carbocycles. The summed E-state index contributed by atoms with van der Waals surface area (Å²) in [7, 11) is 0. The summed E-state index contributed by atoms with van der Waals surface area (Å²) in [5.74, 6) is -0.337. The van der Waals surface area contributed by atoms with Crippen LogP contribution >= 0.6 is 0 Å². The highest BCUT2D eigenvalue weighted by Gasteiger charge is 2.23. The Morgan fingerprint density at radius 1 is 1.53 bits per heavy atom. The lowest BCUT2D eigenvalue weighted by atomic mass is 10.1. The van der Waals surface area contributed by atoms with Gasteiger partial charge in [-0.3, -0.25) is 14.3 Å². The summed E-state index contributed by atoms with van der Waals surface area (Å²) < 4.78 is 1.72. The molecule has 0 bridgehead atoms. The minimum absolute atomic E-state index is 0.0953. The molecule has 0 unspecified atom stereocenters. The number of rotatable bonds is 3. The van der Waals surface area contributed by atoms with Crippen molar-refractivity contribution >= 4 is 11.8 Å². The van der Waals surface area contributed by atoms with Crippen LogP contribution in [0.4, 0.5) is 0 Å². The molecule has 1 saturated heterocycles. The fraction of sp³-hybridized carbons (Fsp3) is 0.615. The van der Waals surface area contributed by atoms with E-state index in [1.165, 1.54) is 6.20 Å². The molecule has 2 N–H and O–H groups in total. The van der Waals surface area contributed by atoms with Gasteiger partial charge < -0.3 is 10.6 Å². The van der Waals surface area contributed by atoms with Crippen molar-refractivity contribution in [2.24, 2.45) is 0 Å². The predicted molar refractivity (Wildman–Crippen MR) is 70.7 cm³/mol. The zero-order chi connectivity index (χ0) is 13.8. The summed E-state index contributed by atoms with van der Waals surface area (Å²) >= 11 is 0.